The highest BCUT2D eigenvalue weighted by Crippen LogP contribution is 2.27. The minimum absolute atomic E-state index is 0.151. The molecule has 10 atom stereocenters. The van der Waals surface area contributed by atoms with Gasteiger partial charge in [-0.15, -0.1) is 0 Å². The number of rotatable bonds is 20. The molecule has 38 heavy (non-hydrogen) atoms. The highest BCUT2D eigenvalue weighted by atomic mass is 16.7. The van der Waals surface area contributed by atoms with E-state index in [0.717, 1.165) is 25.7 Å². The Hall–Kier alpha value is -0.520. The fourth-order valence-electron chi connectivity index (χ4n) is 4.50. The lowest BCUT2D eigenvalue weighted by molar-refractivity contribution is -0.218. The van der Waals surface area contributed by atoms with Gasteiger partial charge in [0.1, 0.15) is 54.9 Å². The third-order valence-corrected chi connectivity index (χ3v) is 6.89. The third kappa shape index (κ3) is 10.1. The van der Waals surface area contributed by atoms with Crippen molar-refractivity contribution < 1.29 is 64.5 Å². The van der Waals surface area contributed by atoms with Gasteiger partial charge in [-0.2, -0.15) is 0 Å². The van der Waals surface area contributed by atoms with Gasteiger partial charge in [-0.3, -0.25) is 0 Å². The molecule has 2 fully saturated rings. The van der Waals surface area contributed by atoms with Crippen molar-refractivity contribution in [2.24, 2.45) is 0 Å². The summed E-state index contributed by atoms with van der Waals surface area (Å²) in [5.41, 5.74) is 0. The molecule has 8 N–H and O–H groups in total. The van der Waals surface area contributed by atoms with Crippen LogP contribution in [-0.2, 0) is 23.7 Å². The lowest BCUT2D eigenvalue weighted by atomic mass is 10.1. The van der Waals surface area contributed by atoms with E-state index in [1.54, 1.807) is 0 Å². The molecule has 13 nitrogen and oxygen atoms in total. The molecule has 0 spiro atoms. The fraction of sp³-hybridized carbons (Fsp3) is 1.00. The number of aliphatic hydroxyl groups is 8. The van der Waals surface area contributed by atoms with Crippen LogP contribution in [0.4, 0.5) is 0 Å². The second-order valence-corrected chi connectivity index (χ2v) is 10.0. The molecule has 2 aliphatic rings. The Labute approximate surface area is 223 Å². The first-order valence-corrected chi connectivity index (χ1v) is 13.7. The molecule has 2 saturated heterocycles. The Morgan fingerprint density at radius 3 is 1.47 bits per heavy atom. The Bertz CT molecular complexity index is 574. The minimum atomic E-state index is -1.47. The smallest absolute Gasteiger partial charge is 0.186 e. The summed E-state index contributed by atoms with van der Waals surface area (Å²) in [5, 5.41) is 78.4. The summed E-state index contributed by atoms with van der Waals surface area (Å²) < 4.78 is 27.8. The average molecular weight is 557 g/mol. The number of hydrogen-bond donors (Lipinski definition) is 8. The summed E-state index contributed by atoms with van der Waals surface area (Å²) in [6.45, 7) is 0.931. The maximum absolute atomic E-state index is 10.2. The molecule has 226 valence electrons. The summed E-state index contributed by atoms with van der Waals surface area (Å²) in [6.07, 6.45) is -5.49. The van der Waals surface area contributed by atoms with Crippen molar-refractivity contribution in [2.75, 3.05) is 33.0 Å². The normalized spacial score (nSPS) is 33.3. The molecule has 2 heterocycles. The van der Waals surface area contributed by atoms with Gasteiger partial charge in [-0.05, 0) is 6.42 Å². The number of unbranched alkanes of at least 4 members (excludes halogenated alkanes) is 7. The van der Waals surface area contributed by atoms with E-state index in [1.807, 2.05) is 0 Å². The third-order valence-electron chi connectivity index (χ3n) is 6.89. The fourth-order valence-corrected chi connectivity index (χ4v) is 4.50. The van der Waals surface area contributed by atoms with E-state index in [4.69, 9.17) is 33.9 Å². The molecule has 2 aliphatic heterocycles. The second kappa shape index (κ2) is 18.0. The first-order chi connectivity index (χ1) is 18.2. The van der Waals surface area contributed by atoms with Crippen LogP contribution in [0.1, 0.15) is 58.3 Å². The maximum atomic E-state index is 10.2. The van der Waals surface area contributed by atoms with Gasteiger partial charge in [0.05, 0.1) is 26.4 Å². The van der Waals surface area contributed by atoms with E-state index in [1.165, 1.54) is 25.7 Å². The molecule has 0 aromatic heterocycles. The van der Waals surface area contributed by atoms with Crippen molar-refractivity contribution in [3.63, 3.8) is 0 Å². The van der Waals surface area contributed by atoms with Crippen LogP contribution in [0.3, 0.4) is 0 Å². The van der Waals surface area contributed by atoms with Gasteiger partial charge in [-0.1, -0.05) is 51.9 Å². The van der Waals surface area contributed by atoms with E-state index in [-0.39, 0.29) is 13.2 Å². The zero-order chi connectivity index (χ0) is 28.1. The molecular weight excluding hydrogens is 508 g/mol. The van der Waals surface area contributed by atoms with Crippen molar-refractivity contribution in [1.29, 1.82) is 0 Å². The van der Waals surface area contributed by atoms with Crippen LogP contribution < -0.4 is 0 Å². The van der Waals surface area contributed by atoms with Crippen LogP contribution in [0.5, 0.6) is 0 Å². The monoisotopic (exact) mass is 556 g/mol. The van der Waals surface area contributed by atoms with E-state index < -0.39 is 80.7 Å². The van der Waals surface area contributed by atoms with Gasteiger partial charge < -0.3 is 64.5 Å². The van der Waals surface area contributed by atoms with Crippen molar-refractivity contribution in [1.82, 2.24) is 0 Å². The lowest BCUT2D eigenvalue weighted by Crippen LogP contribution is -2.41. The quantitative estimate of drug-likeness (QED) is 0.0775. The van der Waals surface area contributed by atoms with Crippen molar-refractivity contribution in [3.8, 4) is 0 Å². The van der Waals surface area contributed by atoms with Crippen molar-refractivity contribution in [2.45, 2.75) is 126 Å². The van der Waals surface area contributed by atoms with Crippen LogP contribution in [-0.4, -0.2) is 141 Å². The van der Waals surface area contributed by atoms with Crippen molar-refractivity contribution >= 4 is 0 Å². The first kappa shape index (κ1) is 33.7. The zero-order valence-electron chi connectivity index (χ0n) is 22.2. The standard InChI is InChI=1S/C25H48O13/c1-2-3-4-5-6-7-8-9-10-34-15(13-35-24-20(32)18(30)22(37-24)16(28)11-26)14-36-25-21(33)19(31)23(38-25)17(29)12-27/h15-33H,2-14H2,1H3/t16-,17-,18+,19+,20-,21-,22+,23+,24+,25+/m0/s1. The van der Waals surface area contributed by atoms with Crippen LogP contribution in [0.2, 0.25) is 0 Å². The van der Waals surface area contributed by atoms with Gasteiger partial charge >= 0.3 is 0 Å². The van der Waals surface area contributed by atoms with Gasteiger partial charge in [0.15, 0.2) is 12.6 Å². The van der Waals surface area contributed by atoms with Crippen molar-refractivity contribution in [3.05, 3.63) is 0 Å². The number of ether oxygens (including phenoxy) is 5. The summed E-state index contributed by atoms with van der Waals surface area (Å²) in [4.78, 5) is 0. The van der Waals surface area contributed by atoms with E-state index >= 15 is 0 Å². The number of aliphatic hydroxyl groups excluding tert-OH is 8. The largest absolute Gasteiger partial charge is 0.394 e. The SMILES string of the molecule is CCCCCCCCCCOC(CO[C@@H]1O[C@H]([C@@H](O)CO)[C@H](O)[C@@H]1O)CO[C@@H]1O[C@H]([C@@H](O)CO)[C@H](O)[C@@H]1O. The second-order valence-electron chi connectivity index (χ2n) is 10.0. The molecule has 0 aromatic rings. The molecule has 0 aliphatic carbocycles. The average Bonchev–Trinajstić information content (AvgIpc) is 3.37. The molecule has 0 saturated carbocycles. The van der Waals surface area contributed by atoms with Crippen LogP contribution in [0.25, 0.3) is 0 Å². The van der Waals surface area contributed by atoms with Gasteiger partial charge in [0.25, 0.3) is 0 Å². The molecule has 0 amide bonds. The topological polar surface area (TPSA) is 208 Å². The molecule has 0 radical (unpaired) electrons. The van der Waals surface area contributed by atoms with Gasteiger partial charge in [-0.25, -0.2) is 0 Å². The highest BCUT2D eigenvalue weighted by molar-refractivity contribution is 4.92. The Morgan fingerprint density at radius 1 is 0.632 bits per heavy atom. The van der Waals surface area contributed by atoms with Crippen LogP contribution in [0.15, 0.2) is 0 Å². The number of hydrogen-bond acceptors (Lipinski definition) is 13. The zero-order valence-corrected chi connectivity index (χ0v) is 22.2. The summed E-state index contributed by atoms with van der Waals surface area (Å²) in [6, 6.07) is 0. The molecule has 0 aromatic carbocycles. The van der Waals surface area contributed by atoms with E-state index in [2.05, 4.69) is 6.92 Å². The van der Waals surface area contributed by atoms with E-state index in [0.29, 0.717) is 6.61 Å². The van der Waals surface area contributed by atoms with E-state index in [9.17, 15) is 30.6 Å². The maximum Gasteiger partial charge on any atom is 0.186 e. The summed E-state index contributed by atoms with van der Waals surface area (Å²) in [5.74, 6) is 0. The highest BCUT2D eigenvalue weighted by Gasteiger charge is 2.48. The Kier molecular flexibility index (Phi) is 16.0. The van der Waals surface area contributed by atoms with Crippen LogP contribution in [0, 0.1) is 0 Å². The Morgan fingerprint density at radius 2 is 1.05 bits per heavy atom. The molecular formula is C25H48O13. The van der Waals surface area contributed by atoms with Gasteiger partial charge in [0, 0.05) is 6.61 Å². The predicted molar refractivity (Wildman–Crippen MR) is 132 cm³/mol. The van der Waals surface area contributed by atoms with Gasteiger partial charge in [0.2, 0.25) is 0 Å². The molecule has 13 heteroatoms. The molecule has 2 rings (SSSR count). The first-order valence-electron chi connectivity index (χ1n) is 13.7. The Balaban J connectivity index is 1.85. The molecule has 0 unspecified atom stereocenters. The lowest BCUT2D eigenvalue weighted by Gasteiger charge is -2.24. The van der Waals surface area contributed by atoms with Crippen LogP contribution >= 0.6 is 0 Å². The minimum Gasteiger partial charge on any atom is -0.394 e. The summed E-state index contributed by atoms with van der Waals surface area (Å²) in [7, 11) is 0. The summed E-state index contributed by atoms with van der Waals surface area (Å²) >= 11 is 0. The predicted octanol–water partition coefficient (Wildman–Crippen LogP) is -1.85. The molecule has 0 bridgehead atoms.